The second-order valence-electron chi connectivity index (χ2n) is 5.44. The zero-order chi connectivity index (χ0) is 14.7. The molecule has 1 heterocycles. The molecule has 3 N–H and O–H groups in total. The van der Waals surface area contributed by atoms with Gasteiger partial charge < -0.3 is 11.1 Å². The van der Waals surface area contributed by atoms with E-state index in [1.165, 1.54) is 18.2 Å². The molecule has 1 aliphatic rings. The Morgan fingerprint density at radius 3 is 2.95 bits per heavy atom. The molecule has 1 aromatic carbocycles. The number of carbonyl (C=O) groups is 1. The third-order valence-electron chi connectivity index (χ3n) is 4.04. The number of rotatable bonds is 4. The molecule has 0 saturated carbocycles. The molecule has 2 atom stereocenters. The molecule has 110 valence electrons. The van der Waals surface area contributed by atoms with E-state index in [1.54, 1.807) is 0 Å². The summed E-state index contributed by atoms with van der Waals surface area (Å²) in [6.07, 6.45) is 3.29. The number of benzene rings is 1. The van der Waals surface area contributed by atoms with Crippen LogP contribution in [0.4, 0.5) is 15.8 Å². The van der Waals surface area contributed by atoms with Crippen molar-refractivity contribution in [3.05, 3.63) is 24.0 Å². The minimum Gasteiger partial charge on any atom is -0.397 e. The summed E-state index contributed by atoms with van der Waals surface area (Å²) in [6.45, 7) is 4.60. The smallest absolute Gasteiger partial charge is 0.238 e. The van der Waals surface area contributed by atoms with Crippen molar-refractivity contribution in [3.63, 3.8) is 0 Å². The third-order valence-corrected chi connectivity index (χ3v) is 4.04. The molecular formula is C15H22FN3O. The van der Waals surface area contributed by atoms with Gasteiger partial charge in [-0.25, -0.2) is 4.39 Å². The van der Waals surface area contributed by atoms with E-state index in [-0.39, 0.29) is 5.91 Å². The van der Waals surface area contributed by atoms with Crippen LogP contribution in [0.25, 0.3) is 0 Å². The first-order valence-electron chi connectivity index (χ1n) is 7.12. The Labute approximate surface area is 119 Å². The summed E-state index contributed by atoms with van der Waals surface area (Å²) >= 11 is 0. The number of nitrogens with one attached hydrogen (secondary N) is 1. The first-order valence-corrected chi connectivity index (χ1v) is 7.12. The van der Waals surface area contributed by atoms with Crippen molar-refractivity contribution in [2.24, 2.45) is 0 Å². The first-order chi connectivity index (χ1) is 9.51. The number of amides is 1. The van der Waals surface area contributed by atoms with E-state index in [4.69, 9.17) is 5.73 Å². The minimum absolute atomic E-state index is 0.144. The van der Waals surface area contributed by atoms with E-state index in [0.717, 1.165) is 19.3 Å². The molecule has 1 aliphatic heterocycles. The van der Waals surface area contributed by atoms with Crippen LogP contribution in [-0.4, -0.2) is 29.4 Å². The number of likely N-dealkylation sites (tertiary alicyclic amines) is 1. The van der Waals surface area contributed by atoms with Gasteiger partial charge in [-0.3, -0.25) is 9.69 Å². The highest BCUT2D eigenvalue weighted by Gasteiger charge is 2.30. The molecule has 20 heavy (non-hydrogen) atoms. The summed E-state index contributed by atoms with van der Waals surface area (Å²) in [7, 11) is 0. The topological polar surface area (TPSA) is 58.4 Å². The molecule has 0 spiro atoms. The van der Waals surface area contributed by atoms with Crippen LogP contribution >= 0.6 is 0 Å². The monoisotopic (exact) mass is 279 g/mol. The fourth-order valence-corrected chi connectivity index (χ4v) is 2.84. The molecule has 5 heteroatoms. The molecule has 0 aliphatic carbocycles. The third kappa shape index (κ3) is 3.28. The summed E-state index contributed by atoms with van der Waals surface area (Å²) in [4.78, 5) is 14.3. The Bertz CT molecular complexity index is 492. The lowest BCUT2D eigenvalue weighted by Gasteiger charge is -2.26. The minimum atomic E-state index is -0.407. The summed E-state index contributed by atoms with van der Waals surface area (Å²) in [5.41, 5.74) is 6.45. The fourth-order valence-electron chi connectivity index (χ4n) is 2.84. The lowest BCUT2D eigenvalue weighted by Crippen LogP contribution is -2.40. The Morgan fingerprint density at radius 2 is 2.25 bits per heavy atom. The number of nitrogens with two attached hydrogens (primary N) is 1. The van der Waals surface area contributed by atoms with E-state index < -0.39 is 5.82 Å². The molecule has 4 nitrogen and oxygen atoms in total. The van der Waals surface area contributed by atoms with E-state index >= 15 is 0 Å². The van der Waals surface area contributed by atoms with Crippen molar-refractivity contribution in [2.45, 2.75) is 45.2 Å². The van der Waals surface area contributed by atoms with Crippen molar-refractivity contribution in [1.29, 1.82) is 0 Å². The first kappa shape index (κ1) is 14.8. The van der Waals surface area contributed by atoms with Gasteiger partial charge >= 0.3 is 0 Å². The molecular weight excluding hydrogens is 257 g/mol. The van der Waals surface area contributed by atoms with Gasteiger partial charge in [0.1, 0.15) is 5.82 Å². The maximum absolute atomic E-state index is 13.2. The molecule has 1 aromatic rings. The molecule has 0 aromatic heterocycles. The van der Waals surface area contributed by atoms with Crippen LogP contribution in [0, 0.1) is 5.82 Å². The summed E-state index contributed by atoms with van der Waals surface area (Å²) in [5.74, 6) is -0.551. The summed E-state index contributed by atoms with van der Waals surface area (Å²) in [5, 5.41) is 2.70. The van der Waals surface area contributed by atoms with Crippen molar-refractivity contribution in [2.75, 3.05) is 17.6 Å². The number of anilines is 2. The maximum Gasteiger partial charge on any atom is 0.238 e. The van der Waals surface area contributed by atoms with Gasteiger partial charge in [-0.2, -0.15) is 0 Å². The normalized spacial score (nSPS) is 22.9. The van der Waals surface area contributed by atoms with Gasteiger partial charge in [0.05, 0.1) is 17.9 Å². The predicted molar refractivity (Wildman–Crippen MR) is 78.9 cm³/mol. The molecule has 1 fully saturated rings. The van der Waals surface area contributed by atoms with E-state index in [2.05, 4.69) is 24.1 Å². The molecule has 1 saturated heterocycles. The average Bonchev–Trinajstić information content (AvgIpc) is 2.75. The van der Waals surface area contributed by atoms with Gasteiger partial charge in [-0.05, 0) is 44.4 Å². The highest BCUT2D eigenvalue weighted by molar-refractivity contribution is 5.95. The lowest BCUT2D eigenvalue weighted by molar-refractivity contribution is -0.118. The Hall–Kier alpha value is -1.62. The van der Waals surface area contributed by atoms with Crippen LogP contribution in [0.1, 0.15) is 33.1 Å². The van der Waals surface area contributed by atoms with Crippen molar-refractivity contribution >= 4 is 17.3 Å². The summed E-state index contributed by atoms with van der Waals surface area (Å²) in [6, 6.07) is 4.85. The predicted octanol–water partition coefficient (Wildman–Crippen LogP) is 2.61. The zero-order valence-electron chi connectivity index (χ0n) is 12.0. The van der Waals surface area contributed by atoms with Crippen LogP contribution < -0.4 is 11.1 Å². The highest BCUT2D eigenvalue weighted by atomic mass is 19.1. The van der Waals surface area contributed by atoms with Gasteiger partial charge in [0.15, 0.2) is 0 Å². The molecule has 0 radical (unpaired) electrons. The average molecular weight is 279 g/mol. The van der Waals surface area contributed by atoms with Crippen molar-refractivity contribution in [1.82, 2.24) is 4.90 Å². The maximum atomic E-state index is 13.2. The van der Waals surface area contributed by atoms with Gasteiger partial charge in [-0.15, -0.1) is 0 Å². The van der Waals surface area contributed by atoms with Crippen LogP contribution in [0.3, 0.4) is 0 Å². The number of hydrogen-bond donors (Lipinski definition) is 2. The largest absolute Gasteiger partial charge is 0.397 e. The van der Waals surface area contributed by atoms with Crippen LogP contribution in [0.15, 0.2) is 18.2 Å². The number of hydrogen-bond acceptors (Lipinski definition) is 3. The highest BCUT2D eigenvalue weighted by Crippen LogP contribution is 2.26. The lowest BCUT2D eigenvalue weighted by atomic mass is 10.1. The van der Waals surface area contributed by atoms with Crippen molar-refractivity contribution in [3.8, 4) is 0 Å². The summed E-state index contributed by atoms with van der Waals surface area (Å²) < 4.78 is 13.2. The van der Waals surface area contributed by atoms with Crippen LogP contribution in [0.5, 0.6) is 0 Å². The molecule has 2 rings (SSSR count). The molecule has 0 bridgehead atoms. The number of nitrogens with zero attached hydrogens (tertiary/aromatic N) is 1. The van der Waals surface area contributed by atoms with Crippen molar-refractivity contribution < 1.29 is 9.18 Å². The second kappa shape index (κ2) is 6.22. The number of halogens is 1. The quantitative estimate of drug-likeness (QED) is 0.833. The van der Waals surface area contributed by atoms with E-state index in [9.17, 15) is 9.18 Å². The SMILES string of the molecule is CCC1CCC(C)N1CC(=O)Nc1cc(F)ccc1N. The van der Waals surface area contributed by atoms with Gasteiger partial charge in [0, 0.05) is 12.1 Å². The Balaban J connectivity index is 2.00. The fraction of sp³-hybridized carbons (Fsp3) is 0.533. The number of carbonyl (C=O) groups excluding carboxylic acids is 1. The molecule has 2 unspecified atom stereocenters. The van der Waals surface area contributed by atoms with Crippen LogP contribution in [0.2, 0.25) is 0 Å². The van der Waals surface area contributed by atoms with Crippen LogP contribution in [-0.2, 0) is 4.79 Å². The standard InChI is InChI=1S/C15H22FN3O/c1-3-12-6-4-10(2)19(12)9-15(20)18-14-8-11(16)5-7-13(14)17/h5,7-8,10,12H,3-4,6,9,17H2,1-2H3,(H,18,20). The number of nitrogen functional groups attached to an aromatic ring is 1. The van der Waals surface area contributed by atoms with E-state index in [0.29, 0.717) is 30.0 Å². The van der Waals surface area contributed by atoms with Gasteiger partial charge in [0.2, 0.25) is 5.91 Å². The van der Waals surface area contributed by atoms with Gasteiger partial charge in [0.25, 0.3) is 0 Å². The Kier molecular flexibility index (Phi) is 4.60. The van der Waals surface area contributed by atoms with Gasteiger partial charge in [-0.1, -0.05) is 6.92 Å². The van der Waals surface area contributed by atoms with E-state index in [1.807, 2.05) is 0 Å². The Morgan fingerprint density at radius 1 is 1.50 bits per heavy atom. The second-order valence-corrected chi connectivity index (χ2v) is 5.44. The molecule has 1 amide bonds. The zero-order valence-corrected chi connectivity index (χ0v) is 12.0.